The Kier molecular flexibility index (Phi) is 4.26. The van der Waals surface area contributed by atoms with E-state index in [1.54, 1.807) is 6.92 Å². The van der Waals surface area contributed by atoms with Crippen molar-refractivity contribution in [2.75, 3.05) is 12.8 Å². The van der Waals surface area contributed by atoms with Crippen LogP contribution in [-0.2, 0) is 4.74 Å². The lowest BCUT2D eigenvalue weighted by Gasteiger charge is -2.16. The molecule has 0 fully saturated rings. The van der Waals surface area contributed by atoms with Crippen LogP contribution in [0.15, 0.2) is 18.5 Å². The van der Waals surface area contributed by atoms with Crippen LogP contribution >= 0.6 is 23.2 Å². The van der Waals surface area contributed by atoms with Crippen LogP contribution in [0.2, 0.25) is 10.0 Å². The number of hydrogen-bond donors (Lipinski definition) is 1. The molecule has 16 heavy (non-hydrogen) atoms. The van der Waals surface area contributed by atoms with Crippen LogP contribution in [0.4, 0.5) is 5.69 Å². The smallest absolute Gasteiger partial charge is 0.235 e. The number of rotatable bonds is 4. The molecular weight excluding hydrogens is 251 g/mol. The fourth-order valence-electron chi connectivity index (χ4n) is 0.943. The standard InChI is InChI=1S/C10H12Cl2N2O2/c1-5(15-3)6(2)16-10-8(12)9(13)7(11)4-14-10/h4,6H,1H2,2-3H3,(H2,13,14)/t6-/m1/s1. The highest BCUT2D eigenvalue weighted by molar-refractivity contribution is 6.39. The minimum absolute atomic E-state index is 0.184. The van der Waals surface area contributed by atoms with Gasteiger partial charge in [0.1, 0.15) is 10.8 Å². The molecule has 1 atom stereocenters. The molecule has 88 valence electrons. The summed E-state index contributed by atoms with van der Waals surface area (Å²) in [6.07, 6.45) is 0.996. The lowest BCUT2D eigenvalue weighted by molar-refractivity contribution is 0.157. The number of ether oxygens (including phenoxy) is 2. The molecule has 2 N–H and O–H groups in total. The van der Waals surface area contributed by atoms with Crippen LogP contribution in [0.1, 0.15) is 6.92 Å². The lowest BCUT2D eigenvalue weighted by Crippen LogP contribution is -2.16. The van der Waals surface area contributed by atoms with E-state index in [4.69, 9.17) is 38.4 Å². The summed E-state index contributed by atoms with van der Waals surface area (Å²) < 4.78 is 10.4. The molecule has 4 nitrogen and oxygen atoms in total. The van der Waals surface area contributed by atoms with Crippen molar-refractivity contribution in [1.29, 1.82) is 0 Å². The molecule has 0 bridgehead atoms. The van der Waals surface area contributed by atoms with Crippen molar-refractivity contribution in [3.05, 3.63) is 28.6 Å². The van der Waals surface area contributed by atoms with Gasteiger partial charge in [0.25, 0.3) is 0 Å². The molecule has 0 unspecified atom stereocenters. The number of nitrogen functional groups attached to an aromatic ring is 1. The van der Waals surface area contributed by atoms with Crippen molar-refractivity contribution in [2.45, 2.75) is 13.0 Å². The molecule has 1 aromatic rings. The van der Waals surface area contributed by atoms with Crippen molar-refractivity contribution < 1.29 is 9.47 Å². The largest absolute Gasteiger partial charge is 0.498 e. The molecule has 0 aliphatic carbocycles. The van der Waals surface area contributed by atoms with Gasteiger partial charge in [0.05, 0.1) is 24.0 Å². The zero-order valence-corrected chi connectivity index (χ0v) is 10.5. The Morgan fingerprint density at radius 3 is 2.75 bits per heavy atom. The van der Waals surface area contributed by atoms with Gasteiger partial charge in [-0.1, -0.05) is 29.8 Å². The molecule has 0 saturated carbocycles. The van der Waals surface area contributed by atoms with E-state index < -0.39 is 0 Å². The first-order valence-electron chi connectivity index (χ1n) is 4.46. The van der Waals surface area contributed by atoms with Gasteiger partial charge < -0.3 is 15.2 Å². The molecule has 1 rings (SSSR count). The second-order valence-electron chi connectivity index (χ2n) is 3.07. The van der Waals surface area contributed by atoms with Crippen LogP contribution in [0.5, 0.6) is 5.88 Å². The lowest BCUT2D eigenvalue weighted by atomic mass is 10.3. The Hall–Kier alpha value is -1.13. The predicted octanol–water partition coefficient (Wildman–Crippen LogP) is 2.90. The van der Waals surface area contributed by atoms with E-state index in [-0.39, 0.29) is 27.7 Å². The highest BCUT2D eigenvalue weighted by atomic mass is 35.5. The minimum Gasteiger partial charge on any atom is -0.498 e. The highest BCUT2D eigenvalue weighted by Gasteiger charge is 2.15. The molecule has 1 heterocycles. The first-order valence-corrected chi connectivity index (χ1v) is 5.21. The normalized spacial score (nSPS) is 12.0. The number of methoxy groups -OCH3 is 1. The van der Waals surface area contributed by atoms with E-state index in [1.165, 1.54) is 13.3 Å². The Morgan fingerprint density at radius 2 is 2.19 bits per heavy atom. The summed E-state index contributed by atoms with van der Waals surface area (Å²) in [5.41, 5.74) is 5.87. The first kappa shape index (κ1) is 12.9. The van der Waals surface area contributed by atoms with Gasteiger partial charge in [0.2, 0.25) is 5.88 Å². The van der Waals surface area contributed by atoms with Gasteiger partial charge in [-0.3, -0.25) is 0 Å². The van der Waals surface area contributed by atoms with Crippen LogP contribution in [0.25, 0.3) is 0 Å². The van der Waals surface area contributed by atoms with Gasteiger partial charge in [-0.2, -0.15) is 0 Å². The summed E-state index contributed by atoms with van der Waals surface area (Å²) in [6.45, 7) is 5.42. The maximum absolute atomic E-state index is 5.92. The highest BCUT2D eigenvalue weighted by Crippen LogP contribution is 2.33. The minimum atomic E-state index is -0.379. The van der Waals surface area contributed by atoms with E-state index in [0.717, 1.165) is 0 Å². The zero-order valence-electron chi connectivity index (χ0n) is 8.96. The van der Waals surface area contributed by atoms with Gasteiger partial charge in [-0.15, -0.1) is 0 Å². The van der Waals surface area contributed by atoms with Gasteiger partial charge >= 0.3 is 0 Å². The van der Waals surface area contributed by atoms with Crippen molar-refractivity contribution in [3.63, 3.8) is 0 Å². The molecular formula is C10H12Cl2N2O2. The number of anilines is 1. The number of nitrogens with two attached hydrogens (primary N) is 1. The van der Waals surface area contributed by atoms with E-state index in [1.807, 2.05) is 0 Å². The molecule has 0 spiro atoms. The van der Waals surface area contributed by atoms with Crippen LogP contribution in [0.3, 0.4) is 0 Å². The Morgan fingerprint density at radius 1 is 1.56 bits per heavy atom. The molecule has 1 aromatic heterocycles. The summed E-state index contributed by atoms with van der Waals surface area (Å²) in [5.74, 6) is 0.667. The fraction of sp³-hybridized carbons (Fsp3) is 0.300. The number of hydrogen-bond acceptors (Lipinski definition) is 4. The van der Waals surface area contributed by atoms with Crippen molar-refractivity contribution >= 4 is 28.9 Å². The Balaban J connectivity index is 2.90. The maximum Gasteiger partial charge on any atom is 0.235 e. The van der Waals surface area contributed by atoms with Gasteiger partial charge in [-0.05, 0) is 6.92 Å². The number of nitrogens with zero attached hydrogens (tertiary/aromatic N) is 1. The van der Waals surface area contributed by atoms with E-state index in [2.05, 4.69) is 11.6 Å². The van der Waals surface area contributed by atoms with Gasteiger partial charge in [0, 0.05) is 0 Å². The van der Waals surface area contributed by atoms with Crippen LogP contribution < -0.4 is 10.5 Å². The summed E-state index contributed by atoms with van der Waals surface area (Å²) in [7, 11) is 1.51. The quantitative estimate of drug-likeness (QED) is 0.848. The van der Waals surface area contributed by atoms with Gasteiger partial charge in [0.15, 0.2) is 6.10 Å². The summed E-state index contributed by atoms with van der Waals surface area (Å²) in [4.78, 5) is 3.93. The maximum atomic E-state index is 5.92. The number of halogens is 2. The molecule has 0 radical (unpaired) electrons. The van der Waals surface area contributed by atoms with Gasteiger partial charge in [-0.25, -0.2) is 4.98 Å². The topological polar surface area (TPSA) is 57.4 Å². The first-order chi connectivity index (χ1) is 7.47. The molecule has 0 aliphatic rings. The second-order valence-corrected chi connectivity index (χ2v) is 3.85. The monoisotopic (exact) mass is 262 g/mol. The third-order valence-corrected chi connectivity index (χ3v) is 2.65. The zero-order chi connectivity index (χ0) is 12.3. The number of pyridine rings is 1. The fourth-order valence-corrected chi connectivity index (χ4v) is 1.33. The second kappa shape index (κ2) is 5.27. The molecule has 0 aromatic carbocycles. The van der Waals surface area contributed by atoms with Crippen LogP contribution in [0, 0.1) is 0 Å². The van der Waals surface area contributed by atoms with Crippen LogP contribution in [-0.4, -0.2) is 18.2 Å². The third-order valence-electron chi connectivity index (χ3n) is 1.98. The average molecular weight is 263 g/mol. The Bertz CT molecular complexity index is 410. The Labute approximate surface area is 104 Å². The molecule has 0 saturated heterocycles. The molecule has 0 amide bonds. The number of aromatic nitrogens is 1. The summed E-state index contributed by atoms with van der Waals surface area (Å²) in [6, 6.07) is 0. The van der Waals surface area contributed by atoms with Crippen molar-refractivity contribution in [2.24, 2.45) is 0 Å². The van der Waals surface area contributed by atoms with Crippen molar-refractivity contribution in [1.82, 2.24) is 4.98 Å². The van der Waals surface area contributed by atoms with E-state index >= 15 is 0 Å². The third kappa shape index (κ3) is 2.71. The van der Waals surface area contributed by atoms with E-state index in [0.29, 0.717) is 5.76 Å². The average Bonchev–Trinajstić information content (AvgIpc) is 2.28. The SMILES string of the molecule is C=C(OC)[C@@H](C)Oc1ncc(Cl)c(N)c1Cl. The van der Waals surface area contributed by atoms with Crippen molar-refractivity contribution in [3.8, 4) is 5.88 Å². The predicted molar refractivity (Wildman–Crippen MR) is 64.9 cm³/mol. The van der Waals surface area contributed by atoms with E-state index in [9.17, 15) is 0 Å². The molecule has 0 aliphatic heterocycles. The summed E-state index contributed by atoms with van der Waals surface area (Å²) in [5, 5.41) is 0.471. The molecule has 6 heteroatoms. The summed E-state index contributed by atoms with van der Waals surface area (Å²) >= 11 is 11.7.